The van der Waals surface area contributed by atoms with E-state index in [-0.39, 0.29) is 25.0 Å². The van der Waals surface area contributed by atoms with E-state index in [1.54, 1.807) is 4.90 Å². The van der Waals surface area contributed by atoms with Crippen LogP contribution < -0.4 is 0 Å². The van der Waals surface area contributed by atoms with Crippen molar-refractivity contribution >= 4 is 17.8 Å². The molecule has 0 radical (unpaired) electrons. The Bertz CT molecular complexity index is 856. The molecule has 0 aromatic rings. The highest BCUT2D eigenvalue weighted by atomic mass is 16.6. The van der Waals surface area contributed by atoms with Gasteiger partial charge in [-0.05, 0) is 39.0 Å². The molecule has 188 valence electrons. The fraction of sp³-hybridized carbons (Fsp3) is 0.731. The second-order valence-corrected chi connectivity index (χ2v) is 10.1. The molecule has 8 heteroatoms. The van der Waals surface area contributed by atoms with Crippen LogP contribution in [-0.2, 0) is 23.9 Å². The molecule has 4 rings (SSSR count). The van der Waals surface area contributed by atoms with Crippen molar-refractivity contribution in [3.63, 3.8) is 0 Å². The Kier molecular flexibility index (Phi) is 7.48. The first kappa shape index (κ1) is 24.9. The largest absolute Gasteiger partial charge is 0.465 e. The van der Waals surface area contributed by atoms with Gasteiger partial charge in [-0.2, -0.15) is 0 Å². The van der Waals surface area contributed by atoms with Crippen molar-refractivity contribution in [2.75, 3.05) is 32.8 Å². The van der Waals surface area contributed by atoms with Crippen molar-refractivity contribution in [3.8, 4) is 0 Å². The third-order valence-electron chi connectivity index (χ3n) is 7.69. The number of likely N-dealkylation sites (tertiary alicyclic amines) is 1. The van der Waals surface area contributed by atoms with Gasteiger partial charge in [0, 0.05) is 26.2 Å². The van der Waals surface area contributed by atoms with E-state index in [4.69, 9.17) is 14.6 Å². The van der Waals surface area contributed by atoms with Crippen LogP contribution in [0.1, 0.15) is 58.8 Å². The van der Waals surface area contributed by atoms with E-state index in [0.29, 0.717) is 38.9 Å². The lowest BCUT2D eigenvalue weighted by Crippen LogP contribution is -2.56. The summed E-state index contributed by atoms with van der Waals surface area (Å²) >= 11 is 0. The minimum Gasteiger partial charge on any atom is -0.465 e. The van der Waals surface area contributed by atoms with Gasteiger partial charge < -0.3 is 24.4 Å². The first-order chi connectivity index (χ1) is 16.4. The van der Waals surface area contributed by atoms with Crippen molar-refractivity contribution in [2.45, 2.75) is 76.0 Å². The first-order valence-corrected chi connectivity index (χ1v) is 12.8. The molecule has 1 unspecified atom stereocenters. The number of cyclic esters (lactones) is 1. The monoisotopic (exact) mass is 474 g/mol. The van der Waals surface area contributed by atoms with Gasteiger partial charge in [-0.25, -0.2) is 0 Å². The van der Waals surface area contributed by atoms with Crippen LogP contribution in [0.15, 0.2) is 24.3 Å². The molecule has 5 atom stereocenters. The number of hydrogen-bond acceptors (Lipinski definition) is 6. The van der Waals surface area contributed by atoms with E-state index in [1.165, 1.54) is 0 Å². The van der Waals surface area contributed by atoms with Crippen LogP contribution in [0, 0.1) is 11.8 Å². The van der Waals surface area contributed by atoms with E-state index in [2.05, 4.69) is 6.92 Å². The average Bonchev–Trinajstić information content (AvgIpc) is 3.12. The lowest BCUT2D eigenvalue weighted by atomic mass is 9.74. The number of ether oxygens (including phenoxy) is 2. The number of carbonyl (C=O) groups excluding carboxylic acids is 3. The van der Waals surface area contributed by atoms with Crippen molar-refractivity contribution < 1.29 is 29.0 Å². The molecular formula is C26H38N2O6. The van der Waals surface area contributed by atoms with Gasteiger partial charge in [0.2, 0.25) is 11.8 Å². The molecule has 4 aliphatic rings. The second-order valence-electron chi connectivity index (χ2n) is 10.1. The molecule has 0 aromatic carbocycles. The summed E-state index contributed by atoms with van der Waals surface area (Å²) in [6.07, 6.45) is 13.3. The number of hydrogen-bond donors (Lipinski definition) is 1. The van der Waals surface area contributed by atoms with Gasteiger partial charge in [0.1, 0.15) is 17.6 Å². The summed E-state index contributed by atoms with van der Waals surface area (Å²) in [7, 11) is 0. The number of fused-ring (bicyclic) bond motifs is 2. The normalized spacial score (nSPS) is 34.9. The molecule has 34 heavy (non-hydrogen) atoms. The zero-order valence-electron chi connectivity index (χ0n) is 20.4. The van der Waals surface area contributed by atoms with Crippen LogP contribution in [0.3, 0.4) is 0 Å². The molecule has 4 heterocycles. The minimum absolute atomic E-state index is 0.0958. The van der Waals surface area contributed by atoms with E-state index in [1.807, 2.05) is 36.1 Å². The lowest BCUT2D eigenvalue weighted by Gasteiger charge is -2.37. The number of amides is 2. The zero-order chi connectivity index (χ0) is 24.3. The Labute approximate surface area is 201 Å². The van der Waals surface area contributed by atoms with Crippen LogP contribution in [0.5, 0.6) is 0 Å². The van der Waals surface area contributed by atoms with Crippen molar-refractivity contribution in [1.29, 1.82) is 0 Å². The van der Waals surface area contributed by atoms with Crippen LogP contribution >= 0.6 is 0 Å². The standard InChI is InChI=1S/C26H38N2O6/c1-3-4-7-14-27-15-11-13-26-19(20-24(32)33-18-10-6-12-25(20,2)34-26)22(30)28(21(26)23(27)31)16-8-5-9-17-29/h6,11-13,19-21,29H,3-5,7-10,14-18H2,1-2H3/t19-,20+,21?,25-,26-/m0/s1. The first-order valence-electron chi connectivity index (χ1n) is 12.8. The van der Waals surface area contributed by atoms with Gasteiger partial charge in [-0.15, -0.1) is 0 Å². The quantitative estimate of drug-likeness (QED) is 0.313. The Morgan fingerprint density at radius 2 is 1.79 bits per heavy atom. The maximum absolute atomic E-state index is 14.0. The van der Waals surface area contributed by atoms with Crippen LogP contribution in [0.2, 0.25) is 0 Å². The minimum atomic E-state index is -1.21. The predicted molar refractivity (Wildman–Crippen MR) is 126 cm³/mol. The van der Waals surface area contributed by atoms with Crippen LogP contribution in [0.4, 0.5) is 0 Å². The van der Waals surface area contributed by atoms with Crippen LogP contribution in [-0.4, -0.2) is 82.8 Å². The van der Waals surface area contributed by atoms with E-state index in [9.17, 15) is 14.4 Å². The van der Waals surface area contributed by atoms with Gasteiger partial charge in [0.05, 0.1) is 18.1 Å². The number of nitrogens with zero attached hydrogens (tertiary/aromatic N) is 2. The average molecular weight is 475 g/mol. The fourth-order valence-corrected chi connectivity index (χ4v) is 6.10. The number of carbonyl (C=O) groups is 3. The maximum atomic E-state index is 14.0. The van der Waals surface area contributed by atoms with Gasteiger partial charge in [-0.3, -0.25) is 14.4 Å². The Morgan fingerprint density at radius 1 is 1.00 bits per heavy atom. The summed E-state index contributed by atoms with van der Waals surface area (Å²) < 4.78 is 12.2. The molecule has 2 saturated heterocycles. The highest BCUT2D eigenvalue weighted by Crippen LogP contribution is 2.57. The second kappa shape index (κ2) is 10.2. The molecule has 8 nitrogen and oxygen atoms in total. The van der Waals surface area contributed by atoms with Gasteiger partial charge in [0.15, 0.2) is 0 Å². The Balaban J connectivity index is 1.73. The molecule has 1 spiro atoms. The molecule has 2 amide bonds. The number of aliphatic hydroxyl groups is 1. The topological polar surface area (TPSA) is 96.4 Å². The van der Waals surface area contributed by atoms with Crippen molar-refractivity contribution in [3.05, 3.63) is 24.3 Å². The molecule has 2 fully saturated rings. The molecule has 0 saturated carbocycles. The summed E-state index contributed by atoms with van der Waals surface area (Å²) in [5.74, 6) is -2.40. The third-order valence-corrected chi connectivity index (χ3v) is 7.69. The van der Waals surface area contributed by atoms with E-state index < -0.39 is 35.0 Å². The highest BCUT2D eigenvalue weighted by molar-refractivity contribution is 5.99. The smallest absolute Gasteiger partial charge is 0.313 e. The van der Waals surface area contributed by atoms with E-state index in [0.717, 1.165) is 25.7 Å². The van der Waals surface area contributed by atoms with Crippen molar-refractivity contribution in [1.82, 2.24) is 9.80 Å². The van der Waals surface area contributed by atoms with Gasteiger partial charge >= 0.3 is 5.97 Å². The van der Waals surface area contributed by atoms with Gasteiger partial charge in [-0.1, -0.05) is 44.1 Å². The van der Waals surface area contributed by atoms with Crippen molar-refractivity contribution in [2.24, 2.45) is 11.8 Å². The van der Waals surface area contributed by atoms with Gasteiger partial charge in [0.25, 0.3) is 0 Å². The van der Waals surface area contributed by atoms with E-state index >= 15 is 0 Å². The summed E-state index contributed by atoms with van der Waals surface area (Å²) in [5, 5.41) is 9.15. The van der Waals surface area contributed by atoms with Crippen LogP contribution in [0.25, 0.3) is 0 Å². The Hall–Kier alpha value is -2.19. The number of rotatable bonds is 9. The molecule has 1 N–H and O–H groups in total. The molecule has 0 aromatic heterocycles. The summed E-state index contributed by atoms with van der Waals surface area (Å²) in [5.41, 5.74) is -2.24. The SMILES string of the molecule is CCCCCN1CC=C[C@]23O[C@@]4(C)C=CCCOC(=O)[C@H]4[C@H]2C(=O)N(CCCCCO)C3C1=O. The fourth-order valence-electron chi connectivity index (χ4n) is 6.10. The number of unbranched alkanes of at least 4 members (excludes halogenated alkanes) is 4. The predicted octanol–water partition coefficient (Wildman–Crippen LogP) is 2.21. The summed E-state index contributed by atoms with van der Waals surface area (Å²) in [4.78, 5) is 44.5. The molecular weight excluding hydrogens is 436 g/mol. The zero-order valence-corrected chi connectivity index (χ0v) is 20.4. The molecule has 0 bridgehead atoms. The third kappa shape index (κ3) is 4.19. The highest BCUT2D eigenvalue weighted by Gasteiger charge is 2.74. The molecule has 4 aliphatic heterocycles. The maximum Gasteiger partial charge on any atom is 0.313 e. The molecule has 0 aliphatic carbocycles. The number of esters is 1. The lowest BCUT2D eigenvalue weighted by molar-refractivity contribution is -0.160. The summed E-state index contributed by atoms with van der Waals surface area (Å²) in [6.45, 7) is 5.80. The summed E-state index contributed by atoms with van der Waals surface area (Å²) in [6, 6.07) is -0.814. The number of aliphatic hydroxyl groups excluding tert-OH is 1. The Morgan fingerprint density at radius 3 is 2.56 bits per heavy atom.